The second-order valence-corrected chi connectivity index (χ2v) is 5.93. The van der Waals surface area contributed by atoms with Crippen molar-refractivity contribution >= 4 is 11.8 Å². The van der Waals surface area contributed by atoms with E-state index in [-0.39, 0.29) is 0 Å². The highest BCUT2D eigenvalue weighted by atomic mass is 32.2. The molecule has 3 rings (SSSR count). The standard InChI is InChI=1S/C11H16N6S/c12-16-13-6-1-7-18-11-15-14-10(8-2-3-8)17(11)9-4-5-9/h8-9H,1-7H2. The third kappa shape index (κ3) is 2.62. The molecule has 2 saturated carbocycles. The molecule has 0 saturated heterocycles. The predicted octanol–water partition coefficient (Wildman–Crippen LogP) is 3.28. The molecule has 1 aromatic rings. The molecule has 1 aromatic heterocycles. The molecule has 0 spiro atoms. The van der Waals surface area contributed by atoms with Gasteiger partial charge in [-0.1, -0.05) is 16.9 Å². The van der Waals surface area contributed by atoms with Gasteiger partial charge in [-0.25, -0.2) is 0 Å². The van der Waals surface area contributed by atoms with Crippen molar-refractivity contribution in [3.8, 4) is 0 Å². The lowest BCUT2D eigenvalue weighted by molar-refractivity contribution is 0.626. The van der Waals surface area contributed by atoms with E-state index in [4.69, 9.17) is 5.53 Å². The van der Waals surface area contributed by atoms with E-state index in [1.54, 1.807) is 11.8 Å². The molecule has 0 bridgehead atoms. The lowest BCUT2D eigenvalue weighted by Gasteiger charge is -2.07. The summed E-state index contributed by atoms with van der Waals surface area (Å²) in [5, 5.41) is 13.3. The number of aromatic nitrogens is 3. The minimum absolute atomic E-state index is 0.566. The Kier molecular flexibility index (Phi) is 3.43. The molecule has 0 atom stereocenters. The number of thioether (sulfide) groups is 1. The second-order valence-electron chi connectivity index (χ2n) is 4.87. The van der Waals surface area contributed by atoms with Crippen LogP contribution in [-0.4, -0.2) is 27.1 Å². The second kappa shape index (κ2) is 5.20. The van der Waals surface area contributed by atoms with Crippen LogP contribution in [0.1, 0.15) is 49.9 Å². The number of azide groups is 1. The SMILES string of the molecule is [N-]=[N+]=NCCCSc1nnc(C2CC2)n1C1CC1. The average molecular weight is 264 g/mol. The number of hydrogen-bond donors (Lipinski definition) is 0. The summed E-state index contributed by atoms with van der Waals surface area (Å²) < 4.78 is 2.36. The Balaban J connectivity index is 1.62. The molecule has 0 aromatic carbocycles. The van der Waals surface area contributed by atoms with Crippen molar-refractivity contribution in [1.29, 1.82) is 0 Å². The Labute approximate surface area is 110 Å². The van der Waals surface area contributed by atoms with Gasteiger partial charge in [0, 0.05) is 29.2 Å². The molecule has 18 heavy (non-hydrogen) atoms. The summed E-state index contributed by atoms with van der Waals surface area (Å²) in [4.78, 5) is 2.75. The third-order valence-corrected chi connectivity index (χ3v) is 4.27. The van der Waals surface area contributed by atoms with Gasteiger partial charge in [-0.2, -0.15) is 0 Å². The Morgan fingerprint density at radius 1 is 1.33 bits per heavy atom. The van der Waals surface area contributed by atoms with E-state index in [0.29, 0.717) is 18.5 Å². The maximum Gasteiger partial charge on any atom is 0.191 e. The highest BCUT2D eigenvalue weighted by Crippen LogP contribution is 2.45. The quantitative estimate of drug-likeness (QED) is 0.249. The lowest BCUT2D eigenvalue weighted by Crippen LogP contribution is -2.02. The van der Waals surface area contributed by atoms with Crippen molar-refractivity contribution in [2.24, 2.45) is 5.11 Å². The van der Waals surface area contributed by atoms with Gasteiger partial charge in [-0.3, -0.25) is 0 Å². The number of hydrogen-bond acceptors (Lipinski definition) is 4. The van der Waals surface area contributed by atoms with E-state index >= 15 is 0 Å². The maximum absolute atomic E-state index is 8.20. The van der Waals surface area contributed by atoms with E-state index in [0.717, 1.165) is 17.3 Å². The van der Waals surface area contributed by atoms with E-state index in [2.05, 4.69) is 24.8 Å². The first kappa shape index (κ1) is 11.9. The fourth-order valence-corrected chi connectivity index (χ4v) is 2.96. The normalized spacial score (nSPS) is 18.7. The first-order valence-electron chi connectivity index (χ1n) is 6.48. The molecule has 1 heterocycles. The number of rotatable bonds is 7. The molecular weight excluding hydrogens is 248 g/mol. The van der Waals surface area contributed by atoms with Gasteiger partial charge in [0.05, 0.1) is 0 Å². The van der Waals surface area contributed by atoms with Gasteiger partial charge in [0.2, 0.25) is 0 Å². The summed E-state index contributed by atoms with van der Waals surface area (Å²) in [7, 11) is 0. The summed E-state index contributed by atoms with van der Waals surface area (Å²) in [6, 6.07) is 0.648. The van der Waals surface area contributed by atoms with Crippen molar-refractivity contribution in [3.63, 3.8) is 0 Å². The van der Waals surface area contributed by atoms with Gasteiger partial charge in [0.1, 0.15) is 5.82 Å². The Hall–Kier alpha value is -1.20. The third-order valence-electron chi connectivity index (χ3n) is 3.24. The van der Waals surface area contributed by atoms with E-state index in [1.807, 2.05) is 0 Å². The molecular formula is C11H16N6S. The van der Waals surface area contributed by atoms with Crippen LogP contribution >= 0.6 is 11.8 Å². The fraction of sp³-hybridized carbons (Fsp3) is 0.818. The first-order valence-corrected chi connectivity index (χ1v) is 7.47. The molecule has 0 N–H and O–H groups in total. The zero-order chi connectivity index (χ0) is 12.4. The zero-order valence-electron chi connectivity index (χ0n) is 10.2. The van der Waals surface area contributed by atoms with Gasteiger partial charge in [0.25, 0.3) is 0 Å². The summed E-state index contributed by atoms with van der Waals surface area (Å²) in [6.07, 6.45) is 5.97. The topological polar surface area (TPSA) is 79.5 Å². The molecule has 0 radical (unpaired) electrons. The van der Waals surface area contributed by atoms with Crippen molar-refractivity contribution < 1.29 is 0 Å². The van der Waals surface area contributed by atoms with Crippen LogP contribution in [0.2, 0.25) is 0 Å². The molecule has 2 aliphatic carbocycles. The molecule has 6 nitrogen and oxygen atoms in total. The summed E-state index contributed by atoms with van der Waals surface area (Å²) in [5.74, 6) is 2.81. The Bertz CT molecular complexity index is 470. The summed E-state index contributed by atoms with van der Waals surface area (Å²) in [5.41, 5.74) is 8.20. The van der Waals surface area contributed by atoms with Gasteiger partial charge in [-0.15, -0.1) is 10.2 Å². The molecule has 7 heteroatoms. The van der Waals surface area contributed by atoms with Crippen molar-refractivity contribution in [2.45, 2.75) is 49.2 Å². The predicted molar refractivity (Wildman–Crippen MR) is 69.6 cm³/mol. The highest BCUT2D eigenvalue weighted by Gasteiger charge is 2.36. The van der Waals surface area contributed by atoms with Gasteiger partial charge in [0.15, 0.2) is 5.16 Å². The van der Waals surface area contributed by atoms with Crippen LogP contribution < -0.4 is 0 Å². The van der Waals surface area contributed by atoms with Crippen molar-refractivity contribution in [2.75, 3.05) is 12.3 Å². The van der Waals surface area contributed by atoms with Crippen LogP contribution in [-0.2, 0) is 0 Å². The minimum Gasteiger partial charge on any atom is -0.303 e. The molecule has 0 aliphatic heterocycles. The Morgan fingerprint density at radius 3 is 2.83 bits per heavy atom. The van der Waals surface area contributed by atoms with Crippen LogP contribution in [0.5, 0.6) is 0 Å². The molecule has 0 unspecified atom stereocenters. The van der Waals surface area contributed by atoms with Crippen LogP contribution in [0.3, 0.4) is 0 Å². The maximum atomic E-state index is 8.20. The largest absolute Gasteiger partial charge is 0.303 e. The summed E-state index contributed by atoms with van der Waals surface area (Å²) >= 11 is 1.74. The van der Waals surface area contributed by atoms with Crippen LogP contribution in [0.25, 0.3) is 10.4 Å². The van der Waals surface area contributed by atoms with Crippen LogP contribution in [0.4, 0.5) is 0 Å². The number of nitrogens with zero attached hydrogens (tertiary/aromatic N) is 6. The smallest absolute Gasteiger partial charge is 0.191 e. The lowest BCUT2D eigenvalue weighted by atomic mass is 10.4. The van der Waals surface area contributed by atoms with Gasteiger partial charge in [-0.05, 0) is 37.6 Å². The van der Waals surface area contributed by atoms with Crippen LogP contribution in [0.15, 0.2) is 10.3 Å². The fourth-order valence-electron chi connectivity index (χ4n) is 2.03. The molecule has 2 aliphatic rings. The van der Waals surface area contributed by atoms with E-state index in [9.17, 15) is 0 Å². The monoisotopic (exact) mass is 264 g/mol. The van der Waals surface area contributed by atoms with Gasteiger partial charge < -0.3 is 4.57 Å². The van der Waals surface area contributed by atoms with E-state index < -0.39 is 0 Å². The minimum atomic E-state index is 0.566. The highest BCUT2D eigenvalue weighted by molar-refractivity contribution is 7.99. The molecule has 2 fully saturated rings. The average Bonchev–Trinajstić information content (AvgIpc) is 3.28. The van der Waals surface area contributed by atoms with E-state index in [1.165, 1.54) is 31.5 Å². The van der Waals surface area contributed by atoms with Gasteiger partial charge >= 0.3 is 0 Å². The molecule has 96 valence electrons. The first-order chi connectivity index (χ1) is 8.90. The molecule has 0 amide bonds. The Morgan fingerprint density at radius 2 is 2.17 bits per heavy atom. The summed E-state index contributed by atoms with van der Waals surface area (Å²) in [6.45, 7) is 0.566. The van der Waals surface area contributed by atoms with Crippen molar-refractivity contribution in [1.82, 2.24) is 14.8 Å². The zero-order valence-corrected chi connectivity index (χ0v) is 11.0. The van der Waals surface area contributed by atoms with Crippen molar-refractivity contribution in [3.05, 3.63) is 16.3 Å². The van der Waals surface area contributed by atoms with Crippen LogP contribution in [0, 0.1) is 0 Å².